The average molecular weight is 295 g/mol. The van der Waals surface area contributed by atoms with Gasteiger partial charge in [-0.15, -0.1) is 0 Å². The van der Waals surface area contributed by atoms with E-state index in [0.717, 1.165) is 23.6 Å². The van der Waals surface area contributed by atoms with Gasteiger partial charge in [-0.05, 0) is 32.0 Å². The van der Waals surface area contributed by atoms with Gasteiger partial charge < -0.3 is 4.74 Å². The molecule has 112 valence electrons. The second-order valence-corrected chi connectivity index (χ2v) is 6.55. The standard InChI is InChI=1S/C15H25N3OS/c1-10-5-6-12(15(19-4)11(10)2)14(17-16)13-9-20-8-7-18(13)3/h5-6,13-14,17H,7-9,16H2,1-4H3. The van der Waals surface area contributed by atoms with Crippen LogP contribution in [0.5, 0.6) is 5.75 Å². The molecule has 1 aliphatic heterocycles. The molecule has 0 bridgehead atoms. The number of rotatable bonds is 4. The van der Waals surface area contributed by atoms with Crippen LogP contribution in [0.4, 0.5) is 0 Å². The molecule has 0 spiro atoms. The first-order valence-electron chi connectivity index (χ1n) is 6.98. The maximum atomic E-state index is 5.87. The lowest BCUT2D eigenvalue weighted by Gasteiger charge is -2.38. The van der Waals surface area contributed by atoms with Crippen molar-refractivity contribution < 1.29 is 4.74 Å². The van der Waals surface area contributed by atoms with Crippen LogP contribution in [0.2, 0.25) is 0 Å². The van der Waals surface area contributed by atoms with Crippen molar-refractivity contribution >= 4 is 11.8 Å². The smallest absolute Gasteiger partial charge is 0.126 e. The van der Waals surface area contributed by atoms with Gasteiger partial charge in [-0.25, -0.2) is 0 Å². The van der Waals surface area contributed by atoms with Crippen LogP contribution in [0, 0.1) is 13.8 Å². The summed E-state index contributed by atoms with van der Waals surface area (Å²) in [5.41, 5.74) is 6.59. The molecule has 0 aliphatic carbocycles. The molecule has 20 heavy (non-hydrogen) atoms. The maximum Gasteiger partial charge on any atom is 0.126 e. The molecule has 1 saturated heterocycles. The number of hydrogen-bond acceptors (Lipinski definition) is 5. The molecular weight excluding hydrogens is 270 g/mol. The Hall–Kier alpha value is -0.750. The minimum Gasteiger partial charge on any atom is -0.496 e. The Balaban J connectivity index is 2.38. The molecule has 2 unspecified atom stereocenters. The molecule has 1 aromatic rings. The van der Waals surface area contributed by atoms with E-state index in [-0.39, 0.29) is 6.04 Å². The van der Waals surface area contributed by atoms with Crippen molar-refractivity contribution in [2.75, 3.05) is 32.2 Å². The highest BCUT2D eigenvalue weighted by atomic mass is 32.2. The summed E-state index contributed by atoms with van der Waals surface area (Å²) in [6.07, 6.45) is 0. The summed E-state index contributed by atoms with van der Waals surface area (Å²) >= 11 is 1.99. The van der Waals surface area contributed by atoms with Gasteiger partial charge >= 0.3 is 0 Å². The van der Waals surface area contributed by atoms with Gasteiger partial charge in [0.2, 0.25) is 0 Å². The third-order valence-corrected chi connectivity index (χ3v) is 5.30. The highest BCUT2D eigenvalue weighted by Gasteiger charge is 2.30. The van der Waals surface area contributed by atoms with Crippen molar-refractivity contribution in [2.24, 2.45) is 5.84 Å². The van der Waals surface area contributed by atoms with Crippen molar-refractivity contribution in [3.8, 4) is 5.75 Å². The predicted molar refractivity (Wildman–Crippen MR) is 86.3 cm³/mol. The van der Waals surface area contributed by atoms with Crippen LogP contribution < -0.4 is 16.0 Å². The highest BCUT2D eigenvalue weighted by Crippen LogP contribution is 2.35. The van der Waals surface area contributed by atoms with Gasteiger partial charge in [-0.2, -0.15) is 11.8 Å². The lowest BCUT2D eigenvalue weighted by atomic mass is 9.94. The van der Waals surface area contributed by atoms with E-state index in [1.165, 1.54) is 16.9 Å². The van der Waals surface area contributed by atoms with E-state index >= 15 is 0 Å². The van der Waals surface area contributed by atoms with Gasteiger partial charge in [0, 0.05) is 29.7 Å². The number of nitrogens with zero attached hydrogens (tertiary/aromatic N) is 1. The summed E-state index contributed by atoms with van der Waals surface area (Å²) < 4.78 is 5.64. The first kappa shape index (κ1) is 15.6. The quantitative estimate of drug-likeness (QED) is 0.656. The van der Waals surface area contributed by atoms with Crippen molar-refractivity contribution in [2.45, 2.75) is 25.9 Å². The largest absolute Gasteiger partial charge is 0.496 e. The number of methoxy groups -OCH3 is 1. The zero-order valence-electron chi connectivity index (χ0n) is 12.8. The van der Waals surface area contributed by atoms with E-state index in [9.17, 15) is 0 Å². The fourth-order valence-electron chi connectivity index (χ4n) is 2.79. The van der Waals surface area contributed by atoms with Gasteiger partial charge in [0.05, 0.1) is 13.2 Å². The number of nitrogens with two attached hydrogens (primary N) is 1. The van der Waals surface area contributed by atoms with Crippen molar-refractivity contribution in [1.29, 1.82) is 0 Å². The Morgan fingerprint density at radius 3 is 2.80 bits per heavy atom. The topological polar surface area (TPSA) is 50.5 Å². The minimum absolute atomic E-state index is 0.0852. The summed E-state index contributed by atoms with van der Waals surface area (Å²) in [6.45, 7) is 5.31. The van der Waals surface area contributed by atoms with Gasteiger partial charge in [0.1, 0.15) is 5.75 Å². The Morgan fingerprint density at radius 1 is 1.45 bits per heavy atom. The summed E-state index contributed by atoms with van der Waals surface area (Å²) in [5.74, 6) is 9.10. The maximum absolute atomic E-state index is 5.87. The average Bonchev–Trinajstić information content (AvgIpc) is 2.45. The van der Waals surface area contributed by atoms with Crippen LogP contribution in [-0.2, 0) is 0 Å². The first-order valence-corrected chi connectivity index (χ1v) is 8.13. The molecule has 1 aromatic carbocycles. The zero-order chi connectivity index (χ0) is 14.7. The molecule has 5 heteroatoms. The van der Waals surface area contributed by atoms with Crippen LogP contribution in [0.25, 0.3) is 0 Å². The van der Waals surface area contributed by atoms with E-state index in [4.69, 9.17) is 10.6 Å². The normalized spacial score (nSPS) is 21.8. The van der Waals surface area contributed by atoms with E-state index in [1.807, 2.05) is 11.8 Å². The third-order valence-electron chi connectivity index (χ3n) is 4.25. The third kappa shape index (κ3) is 2.96. The van der Waals surface area contributed by atoms with Crippen molar-refractivity contribution in [3.63, 3.8) is 0 Å². The van der Waals surface area contributed by atoms with Crippen molar-refractivity contribution in [3.05, 3.63) is 28.8 Å². The second-order valence-electron chi connectivity index (χ2n) is 5.40. The fraction of sp³-hybridized carbons (Fsp3) is 0.600. The SMILES string of the molecule is COc1c(C(NN)C2CSCCN2C)ccc(C)c1C. The van der Waals surface area contributed by atoms with E-state index in [0.29, 0.717) is 6.04 Å². The lowest BCUT2D eigenvalue weighted by molar-refractivity contribution is 0.213. The van der Waals surface area contributed by atoms with Gasteiger partial charge in [0.25, 0.3) is 0 Å². The van der Waals surface area contributed by atoms with Gasteiger partial charge in [0.15, 0.2) is 0 Å². The van der Waals surface area contributed by atoms with Crippen LogP contribution in [-0.4, -0.2) is 43.1 Å². The highest BCUT2D eigenvalue weighted by molar-refractivity contribution is 7.99. The lowest BCUT2D eigenvalue weighted by Crippen LogP contribution is -2.49. The number of hydrogen-bond donors (Lipinski definition) is 2. The zero-order valence-corrected chi connectivity index (χ0v) is 13.6. The Bertz CT molecular complexity index is 467. The molecular formula is C15H25N3OS. The molecule has 0 radical (unpaired) electrons. The number of thioether (sulfide) groups is 1. The number of aryl methyl sites for hydroxylation is 1. The van der Waals surface area contributed by atoms with Crippen LogP contribution in [0.3, 0.4) is 0 Å². The molecule has 1 heterocycles. The molecule has 2 rings (SSSR count). The molecule has 1 fully saturated rings. The molecule has 0 saturated carbocycles. The molecule has 0 aromatic heterocycles. The summed E-state index contributed by atoms with van der Waals surface area (Å²) in [7, 11) is 3.90. The van der Waals surface area contributed by atoms with E-state index in [1.54, 1.807) is 7.11 Å². The monoisotopic (exact) mass is 295 g/mol. The number of likely N-dealkylation sites (N-methyl/N-ethyl adjacent to an activating group) is 1. The van der Waals surface area contributed by atoms with Gasteiger partial charge in [-0.3, -0.25) is 16.2 Å². The molecule has 1 aliphatic rings. The molecule has 3 N–H and O–H groups in total. The number of ether oxygens (including phenoxy) is 1. The van der Waals surface area contributed by atoms with Crippen molar-refractivity contribution in [1.82, 2.24) is 10.3 Å². The van der Waals surface area contributed by atoms with Gasteiger partial charge in [-0.1, -0.05) is 12.1 Å². The van der Waals surface area contributed by atoms with Crippen LogP contribution >= 0.6 is 11.8 Å². The van der Waals surface area contributed by atoms with E-state index in [2.05, 4.69) is 43.4 Å². The summed E-state index contributed by atoms with van der Waals surface area (Å²) in [4.78, 5) is 2.38. The number of benzene rings is 1. The molecule has 0 amide bonds. The number of nitrogens with one attached hydrogen (secondary N) is 1. The van der Waals surface area contributed by atoms with E-state index < -0.39 is 0 Å². The second kappa shape index (κ2) is 6.80. The number of hydrazine groups is 1. The molecule has 4 nitrogen and oxygen atoms in total. The van der Waals surface area contributed by atoms with Crippen LogP contribution in [0.1, 0.15) is 22.7 Å². The Labute approximate surface area is 126 Å². The van der Waals surface area contributed by atoms with Crippen LogP contribution in [0.15, 0.2) is 12.1 Å². The summed E-state index contributed by atoms with van der Waals surface area (Å²) in [5, 5.41) is 0. The Kier molecular flexibility index (Phi) is 5.32. The predicted octanol–water partition coefficient (Wildman–Crippen LogP) is 1.86. The summed E-state index contributed by atoms with van der Waals surface area (Å²) in [6, 6.07) is 4.75. The Morgan fingerprint density at radius 2 is 2.20 bits per heavy atom. The minimum atomic E-state index is 0.0852. The first-order chi connectivity index (χ1) is 9.60. The fourth-order valence-corrected chi connectivity index (χ4v) is 4.06. The molecule has 2 atom stereocenters.